The number of halogens is 3. The summed E-state index contributed by atoms with van der Waals surface area (Å²) in [6.45, 7) is 1.53. The predicted molar refractivity (Wildman–Crippen MR) is 85.9 cm³/mol. The third-order valence-corrected chi connectivity index (χ3v) is 5.40. The molecule has 0 N–H and O–H groups in total. The summed E-state index contributed by atoms with van der Waals surface area (Å²) in [4.78, 5) is 0. The molecule has 1 fully saturated rings. The monoisotopic (exact) mass is 316 g/mol. The molecule has 120 valence electrons. The van der Waals surface area contributed by atoms with Gasteiger partial charge in [-0.2, -0.15) is 0 Å². The molecule has 23 heavy (non-hydrogen) atoms. The van der Waals surface area contributed by atoms with Crippen LogP contribution in [-0.4, -0.2) is 0 Å². The van der Waals surface area contributed by atoms with E-state index in [-0.39, 0.29) is 28.4 Å². The van der Waals surface area contributed by atoms with Gasteiger partial charge >= 0.3 is 0 Å². The molecule has 0 aliphatic heterocycles. The van der Waals surface area contributed by atoms with Crippen molar-refractivity contribution in [3.63, 3.8) is 0 Å². The Hall–Kier alpha value is -1.77. The van der Waals surface area contributed by atoms with Gasteiger partial charge in [-0.3, -0.25) is 0 Å². The summed E-state index contributed by atoms with van der Waals surface area (Å²) in [6.07, 6.45) is 6.58. The molecule has 2 aromatic carbocycles. The molecule has 0 saturated heterocycles. The molecule has 2 aromatic rings. The van der Waals surface area contributed by atoms with Gasteiger partial charge in [0.25, 0.3) is 0 Å². The van der Waals surface area contributed by atoms with E-state index < -0.39 is 11.6 Å². The van der Waals surface area contributed by atoms with Crippen molar-refractivity contribution in [2.24, 2.45) is 0 Å². The SMILES string of the molecule is Cc1cc2c(c(F)c1F)-c1c-2ccc(C2CCCCCC2)c1F. The fourth-order valence-electron chi connectivity index (χ4n) is 4.11. The van der Waals surface area contributed by atoms with E-state index in [1.807, 2.05) is 12.1 Å². The lowest BCUT2D eigenvalue weighted by Gasteiger charge is -2.28. The molecular formula is C20H19F3. The van der Waals surface area contributed by atoms with Gasteiger partial charge < -0.3 is 0 Å². The number of benzene rings is 2. The maximum absolute atomic E-state index is 15.0. The zero-order valence-electron chi connectivity index (χ0n) is 13.2. The van der Waals surface area contributed by atoms with Crippen molar-refractivity contribution < 1.29 is 13.2 Å². The number of aryl methyl sites for hydroxylation is 1. The first-order valence-electron chi connectivity index (χ1n) is 8.41. The zero-order chi connectivity index (χ0) is 16.1. The van der Waals surface area contributed by atoms with Crippen molar-refractivity contribution in [3.05, 3.63) is 46.8 Å². The van der Waals surface area contributed by atoms with Crippen LogP contribution in [0.25, 0.3) is 22.3 Å². The van der Waals surface area contributed by atoms with Gasteiger partial charge in [0.05, 0.1) is 0 Å². The molecule has 2 aliphatic carbocycles. The third-order valence-electron chi connectivity index (χ3n) is 5.40. The molecule has 3 heteroatoms. The van der Waals surface area contributed by atoms with Crippen LogP contribution >= 0.6 is 0 Å². The van der Waals surface area contributed by atoms with E-state index in [9.17, 15) is 8.78 Å². The van der Waals surface area contributed by atoms with Crippen LogP contribution in [0.15, 0.2) is 18.2 Å². The zero-order valence-corrected chi connectivity index (χ0v) is 13.2. The molecule has 0 radical (unpaired) electrons. The third kappa shape index (κ3) is 2.13. The summed E-state index contributed by atoms with van der Waals surface area (Å²) < 4.78 is 43.1. The van der Waals surface area contributed by atoms with E-state index in [1.54, 1.807) is 6.07 Å². The highest BCUT2D eigenvalue weighted by molar-refractivity contribution is 6.03. The minimum absolute atomic E-state index is 0.121. The highest BCUT2D eigenvalue weighted by Crippen LogP contribution is 2.52. The minimum atomic E-state index is -0.913. The van der Waals surface area contributed by atoms with Crippen LogP contribution in [0.5, 0.6) is 0 Å². The van der Waals surface area contributed by atoms with Crippen LogP contribution in [0.3, 0.4) is 0 Å². The fraction of sp³-hybridized carbons (Fsp3) is 0.400. The van der Waals surface area contributed by atoms with E-state index in [1.165, 1.54) is 19.8 Å². The fourth-order valence-corrected chi connectivity index (χ4v) is 4.11. The Bertz CT molecular complexity index is 784. The van der Waals surface area contributed by atoms with Gasteiger partial charge in [0.1, 0.15) is 5.82 Å². The molecule has 0 atom stereocenters. The van der Waals surface area contributed by atoms with Crippen molar-refractivity contribution in [3.8, 4) is 22.3 Å². The average Bonchev–Trinajstić information content (AvgIpc) is 2.80. The van der Waals surface area contributed by atoms with Crippen LogP contribution in [0.2, 0.25) is 0 Å². The number of hydrogen-bond acceptors (Lipinski definition) is 0. The molecule has 0 nitrogen and oxygen atoms in total. The van der Waals surface area contributed by atoms with Crippen molar-refractivity contribution >= 4 is 0 Å². The largest absolute Gasteiger partial charge is 0.206 e. The number of rotatable bonds is 1. The first kappa shape index (κ1) is 14.8. The molecule has 1 saturated carbocycles. The van der Waals surface area contributed by atoms with Gasteiger partial charge in [0.15, 0.2) is 11.6 Å². The summed E-state index contributed by atoms with van der Waals surface area (Å²) in [5.41, 5.74) is 2.67. The van der Waals surface area contributed by atoms with Gasteiger partial charge in [0.2, 0.25) is 0 Å². The van der Waals surface area contributed by atoms with Gasteiger partial charge in [-0.1, -0.05) is 37.8 Å². The average molecular weight is 316 g/mol. The molecule has 0 amide bonds. The second kappa shape index (κ2) is 5.40. The first-order chi connectivity index (χ1) is 11.1. The topological polar surface area (TPSA) is 0 Å². The van der Waals surface area contributed by atoms with Crippen molar-refractivity contribution in [2.45, 2.75) is 51.4 Å². The molecule has 0 spiro atoms. The molecule has 0 heterocycles. The molecule has 0 unspecified atom stereocenters. The van der Waals surface area contributed by atoms with E-state index >= 15 is 4.39 Å². The minimum Gasteiger partial charge on any atom is -0.206 e. The maximum Gasteiger partial charge on any atom is 0.167 e. The van der Waals surface area contributed by atoms with E-state index in [2.05, 4.69) is 0 Å². The number of hydrogen-bond donors (Lipinski definition) is 0. The van der Waals surface area contributed by atoms with Crippen LogP contribution in [0.4, 0.5) is 13.2 Å². The van der Waals surface area contributed by atoms with Gasteiger partial charge in [-0.15, -0.1) is 0 Å². The van der Waals surface area contributed by atoms with Gasteiger partial charge in [-0.25, -0.2) is 13.2 Å². The van der Waals surface area contributed by atoms with Crippen LogP contribution < -0.4 is 0 Å². The summed E-state index contributed by atoms with van der Waals surface area (Å²) in [5.74, 6) is -1.92. The van der Waals surface area contributed by atoms with Crippen molar-refractivity contribution in [2.75, 3.05) is 0 Å². The highest BCUT2D eigenvalue weighted by Gasteiger charge is 2.34. The Morgan fingerprint density at radius 2 is 1.43 bits per heavy atom. The Kier molecular flexibility index (Phi) is 3.47. The van der Waals surface area contributed by atoms with E-state index in [4.69, 9.17) is 0 Å². The van der Waals surface area contributed by atoms with E-state index in [0.29, 0.717) is 16.7 Å². The quantitative estimate of drug-likeness (QED) is 0.450. The normalized spacial score (nSPS) is 17.2. The number of fused-ring (bicyclic) bond motifs is 4. The maximum atomic E-state index is 15.0. The lowest BCUT2D eigenvalue weighted by atomic mass is 9.76. The smallest absolute Gasteiger partial charge is 0.167 e. The molecule has 2 aliphatic rings. The van der Waals surface area contributed by atoms with Gasteiger partial charge in [-0.05, 0) is 54.0 Å². The van der Waals surface area contributed by atoms with Crippen LogP contribution in [0, 0.1) is 24.4 Å². The Morgan fingerprint density at radius 1 is 0.783 bits per heavy atom. The highest BCUT2D eigenvalue weighted by atomic mass is 19.2. The molecule has 0 aromatic heterocycles. The summed E-state index contributed by atoms with van der Waals surface area (Å²) in [6, 6.07) is 5.34. The van der Waals surface area contributed by atoms with Gasteiger partial charge in [0, 0.05) is 11.1 Å². The second-order valence-corrected chi connectivity index (χ2v) is 6.82. The summed E-state index contributed by atoms with van der Waals surface area (Å²) in [5, 5.41) is 0. The van der Waals surface area contributed by atoms with Crippen molar-refractivity contribution in [1.82, 2.24) is 0 Å². The lowest BCUT2D eigenvalue weighted by Crippen LogP contribution is -2.11. The van der Waals surface area contributed by atoms with Crippen LogP contribution in [0.1, 0.15) is 55.6 Å². The Labute approximate surface area is 134 Å². The second-order valence-electron chi connectivity index (χ2n) is 6.82. The Morgan fingerprint density at radius 3 is 2.13 bits per heavy atom. The standard InChI is InChI=1S/C20H19F3/c1-11-10-15-14-9-8-13(12-6-4-2-3-5-7-12)19(22)16(14)17(15)20(23)18(11)21/h8-10,12H,2-7H2,1H3. The lowest BCUT2D eigenvalue weighted by molar-refractivity contribution is 0.502. The molecular weight excluding hydrogens is 297 g/mol. The molecule has 4 rings (SSSR count). The summed E-state index contributed by atoms with van der Waals surface area (Å²) in [7, 11) is 0. The Balaban J connectivity index is 1.81. The predicted octanol–water partition coefficient (Wildman–Crippen LogP) is 6.50. The van der Waals surface area contributed by atoms with Crippen molar-refractivity contribution in [1.29, 1.82) is 0 Å². The molecule has 0 bridgehead atoms. The first-order valence-corrected chi connectivity index (χ1v) is 8.41. The van der Waals surface area contributed by atoms with Crippen LogP contribution in [-0.2, 0) is 0 Å². The summed E-state index contributed by atoms with van der Waals surface area (Å²) >= 11 is 0. The van der Waals surface area contributed by atoms with E-state index in [0.717, 1.165) is 25.7 Å².